The lowest BCUT2D eigenvalue weighted by molar-refractivity contribution is -0.384. The third kappa shape index (κ3) is 4.45. The van der Waals surface area contributed by atoms with E-state index in [-0.39, 0.29) is 17.0 Å². The molecule has 2 aromatic rings. The number of carbonyl (C=O) groups excluding carboxylic acids is 2. The molecular formula is C22H24N2O5. The molecule has 0 spiro atoms. The molecule has 1 aliphatic heterocycles. The Bertz CT molecular complexity index is 964. The van der Waals surface area contributed by atoms with E-state index in [2.05, 4.69) is 0 Å². The molecule has 1 saturated heterocycles. The van der Waals surface area contributed by atoms with Crippen LogP contribution in [0, 0.1) is 24.0 Å². The third-order valence-electron chi connectivity index (χ3n) is 5.30. The van der Waals surface area contributed by atoms with Crippen molar-refractivity contribution in [3.63, 3.8) is 0 Å². The van der Waals surface area contributed by atoms with Crippen LogP contribution in [0.15, 0.2) is 36.4 Å². The van der Waals surface area contributed by atoms with E-state index in [0.29, 0.717) is 11.3 Å². The predicted molar refractivity (Wildman–Crippen MR) is 110 cm³/mol. The molecule has 0 saturated carbocycles. The minimum Gasteiger partial charge on any atom is -0.451 e. The lowest BCUT2D eigenvalue weighted by Crippen LogP contribution is -2.25. The Labute approximate surface area is 169 Å². The number of hydrogen-bond donors (Lipinski definition) is 0. The van der Waals surface area contributed by atoms with Crippen molar-refractivity contribution in [1.82, 2.24) is 0 Å². The van der Waals surface area contributed by atoms with E-state index in [0.717, 1.165) is 37.1 Å². The summed E-state index contributed by atoms with van der Waals surface area (Å²) in [6, 6.07) is 9.62. The molecule has 0 N–H and O–H groups in total. The number of esters is 1. The van der Waals surface area contributed by atoms with Gasteiger partial charge in [0.05, 0.1) is 10.5 Å². The van der Waals surface area contributed by atoms with Crippen molar-refractivity contribution in [2.45, 2.75) is 39.7 Å². The van der Waals surface area contributed by atoms with Crippen LogP contribution in [0.5, 0.6) is 0 Å². The highest BCUT2D eigenvalue weighted by molar-refractivity contribution is 6.01. The second-order valence-electron chi connectivity index (χ2n) is 7.37. The Morgan fingerprint density at radius 1 is 1.03 bits per heavy atom. The van der Waals surface area contributed by atoms with Crippen LogP contribution in [-0.4, -0.2) is 35.9 Å². The van der Waals surface area contributed by atoms with Crippen molar-refractivity contribution in [2.75, 3.05) is 18.0 Å². The maximum absolute atomic E-state index is 12.6. The molecule has 0 radical (unpaired) electrons. The van der Waals surface area contributed by atoms with Gasteiger partial charge in [-0.1, -0.05) is 12.1 Å². The molecule has 0 unspecified atom stereocenters. The van der Waals surface area contributed by atoms with Gasteiger partial charge in [0, 0.05) is 24.7 Å². The first-order chi connectivity index (χ1) is 13.8. The molecule has 1 fully saturated rings. The van der Waals surface area contributed by atoms with Crippen LogP contribution < -0.4 is 4.90 Å². The lowest BCUT2D eigenvalue weighted by Gasteiger charge is -2.18. The summed E-state index contributed by atoms with van der Waals surface area (Å²) in [6.07, 6.45) is 0.972. The van der Waals surface area contributed by atoms with Crippen LogP contribution in [0.25, 0.3) is 0 Å². The van der Waals surface area contributed by atoms with Gasteiger partial charge >= 0.3 is 5.97 Å². The standard InChI is InChI=1S/C22H24N2O5/c1-14-6-7-17(12-15(14)2)21(25)16(3)29-22(26)18-8-9-19(20(13-18)24(27)28)23-10-4-5-11-23/h6-9,12-13,16H,4-5,10-11H2,1-3H3/t16-/m1/s1. The van der Waals surface area contributed by atoms with Crippen LogP contribution in [0.2, 0.25) is 0 Å². The first-order valence-electron chi connectivity index (χ1n) is 9.63. The number of nitro benzene ring substituents is 1. The number of ketones is 1. The molecule has 0 aliphatic carbocycles. The number of benzene rings is 2. The van der Waals surface area contributed by atoms with Crippen LogP contribution in [0.4, 0.5) is 11.4 Å². The zero-order chi connectivity index (χ0) is 21.1. The van der Waals surface area contributed by atoms with Gasteiger partial charge in [-0.3, -0.25) is 14.9 Å². The zero-order valence-electron chi connectivity index (χ0n) is 16.8. The van der Waals surface area contributed by atoms with E-state index in [9.17, 15) is 19.7 Å². The molecule has 0 aromatic heterocycles. The number of rotatable bonds is 6. The highest BCUT2D eigenvalue weighted by Gasteiger charge is 2.26. The second kappa shape index (κ2) is 8.43. The smallest absolute Gasteiger partial charge is 0.339 e. The summed E-state index contributed by atoms with van der Waals surface area (Å²) in [5.41, 5.74) is 2.93. The number of hydrogen-bond acceptors (Lipinski definition) is 6. The van der Waals surface area contributed by atoms with Crippen LogP contribution in [0.1, 0.15) is 51.6 Å². The zero-order valence-corrected chi connectivity index (χ0v) is 16.8. The Kier molecular flexibility index (Phi) is 5.96. The van der Waals surface area contributed by atoms with Gasteiger partial charge < -0.3 is 9.64 Å². The van der Waals surface area contributed by atoms with E-state index < -0.39 is 17.0 Å². The van der Waals surface area contributed by atoms with Gasteiger partial charge in [-0.2, -0.15) is 0 Å². The number of nitro groups is 1. The fourth-order valence-corrected chi connectivity index (χ4v) is 3.43. The first-order valence-corrected chi connectivity index (χ1v) is 9.63. The van der Waals surface area contributed by atoms with Crippen molar-refractivity contribution in [3.05, 3.63) is 68.8 Å². The third-order valence-corrected chi connectivity index (χ3v) is 5.30. The Morgan fingerprint density at radius 3 is 2.31 bits per heavy atom. The summed E-state index contributed by atoms with van der Waals surface area (Å²) >= 11 is 0. The number of Topliss-reactive ketones (excluding diaryl/α,β-unsaturated/α-hetero) is 1. The second-order valence-corrected chi connectivity index (χ2v) is 7.37. The summed E-state index contributed by atoms with van der Waals surface area (Å²) in [6.45, 7) is 6.87. The molecule has 152 valence electrons. The van der Waals surface area contributed by atoms with Crippen molar-refractivity contribution in [1.29, 1.82) is 0 Å². The number of carbonyl (C=O) groups is 2. The molecule has 29 heavy (non-hydrogen) atoms. The van der Waals surface area contributed by atoms with E-state index in [1.165, 1.54) is 19.1 Å². The summed E-state index contributed by atoms with van der Waals surface area (Å²) in [5, 5.41) is 11.5. The predicted octanol–water partition coefficient (Wildman–Crippen LogP) is 4.24. The van der Waals surface area contributed by atoms with Gasteiger partial charge in [0.25, 0.3) is 5.69 Å². The average molecular weight is 396 g/mol. The average Bonchev–Trinajstić information content (AvgIpc) is 3.23. The van der Waals surface area contributed by atoms with Gasteiger partial charge in [0.15, 0.2) is 6.10 Å². The molecule has 1 heterocycles. The topological polar surface area (TPSA) is 89.8 Å². The van der Waals surface area contributed by atoms with Crippen molar-refractivity contribution < 1.29 is 19.2 Å². The normalized spacial score (nSPS) is 14.5. The molecule has 0 bridgehead atoms. The quantitative estimate of drug-likeness (QED) is 0.314. The van der Waals surface area contributed by atoms with Crippen LogP contribution in [-0.2, 0) is 4.74 Å². The van der Waals surface area contributed by atoms with E-state index in [1.54, 1.807) is 18.2 Å². The Balaban J connectivity index is 1.77. The molecule has 7 heteroatoms. The van der Waals surface area contributed by atoms with Gasteiger partial charge in [-0.25, -0.2) is 4.79 Å². The minimum atomic E-state index is -0.998. The summed E-state index contributed by atoms with van der Waals surface area (Å²) in [4.78, 5) is 38.0. The van der Waals surface area contributed by atoms with E-state index in [1.807, 2.05) is 24.8 Å². The van der Waals surface area contributed by atoms with Crippen molar-refractivity contribution in [3.8, 4) is 0 Å². The number of nitrogens with zero attached hydrogens (tertiary/aromatic N) is 2. The monoisotopic (exact) mass is 396 g/mol. The van der Waals surface area contributed by atoms with Crippen molar-refractivity contribution in [2.24, 2.45) is 0 Å². The van der Waals surface area contributed by atoms with E-state index in [4.69, 9.17) is 4.74 Å². The number of ether oxygens (including phenoxy) is 1. The maximum Gasteiger partial charge on any atom is 0.339 e. The minimum absolute atomic E-state index is 0.0550. The maximum atomic E-state index is 12.6. The van der Waals surface area contributed by atoms with Crippen LogP contribution >= 0.6 is 0 Å². The van der Waals surface area contributed by atoms with Crippen molar-refractivity contribution >= 4 is 23.1 Å². The summed E-state index contributed by atoms with van der Waals surface area (Å²) in [7, 11) is 0. The molecule has 2 aromatic carbocycles. The molecule has 1 aliphatic rings. The largest absolute Gasteiger partial charge is 0.451 e. The summed E-state index contributed by atoms with van der Waals surface area (Å²) < 4.78 is 5.30. The van der Waals surface area contributed by atoms with Gasteiger partial charge in [-0.05, 0) is 62.9 Å². The fraction of sp³-hybridized carbons (Fsp3) is 0.364. The molecular weight excluding hydrogens is 372 g/mol. The number of anilines is 1. The van der Waals surface area contributed by atoms with E-state index >= 15 is 0 Å². The molecule has 0 amide bonds. The molecule has 3 rings (SSSR count). The Morgan fingerprint density at radius 2 is 1.69 bits per heavy atom. The first kappa shape index (κ1) is 20.5. The van der Waals surface area contributed by atoms with Gasteiger partial charge in [0.1, 0.15) is 5.69 Å². The molecule has 1 atom stereocenters. The molecule has 7 nitrogen and oxygen atoms in total. The summed E-state index contributed by atoms with van der Waals surface area (Å²) in [5.74, 6) is -1.07. The Hall–Kier alpha value is -3.22. The van der Waals surface area contributed by atoms with Gasteiger partial charge in [-0.15, -0.1) is 0 Å². The van der Waals surface area contributed by atoms with Crippen LogP contribution in [0.3, 0.4) is 0 Å². The van der Waals surface area contributed by atoms with Gasteiger partial charge in [0.2, 0.25) is 5.78 Å². The SMILES string of the molecule is Cc1ccc(C(=O)[C@@H](C)OC(=O)c2ccc(N3CCCC3)c([N+](=O)[O-])c2)cc1C. The fourth-order valence-electron chi connectivity index (χ4n) is 3.43. The highest BCUT2D eigenvalue weighted by atomic mass is 16.6. The number of aryl methyl sites for hydroxylation is 2. The highest BCUT2D eigenvalue weighted by Crippen LogP contribution is 2.32. The lowest BCUT2D eigenvalue weighted by atomic mass is 10.0.